The predicted octanol–water partition coefficient (Wildman–Crippen LogP) is 3.33. The lowest BCUT2D eigenvalue weighted by Crippen LogP contribution is -2.40. The third-order valence-corrected chi connectivity index (χ3v) is 3.47. The molecule has 0 radical (unpaired) electrons. The highest BCUT2D eigenvalue weighted by Gasteiger charge is 2.25. The van der Waals surface area contributed by atoms with Crippen molar-refractivity contribution in [2.75, 3.05) is 31.1 Å². The van der Waals surface area contributed by atoms with E-state index >= 15 is 0 Å². The van der Waals surface area contributed by atoms with Gasteiger partial charge in [-0.3, -0.25) is 4.90 Å². The minimum Gasteiger partial charge on any atom is -0.448 e. The van der Waals surface area contributed by atoms with E-state index in [-0.39, 0.29) is 13.2 Å². The van der Waals surface area contributed by atoms with E-state index in [0.717, 1.165) is 5.56 Å². The van der Waals surface area contributed by atoms with Gasteiger partial charge in [-0.1, -0.05) is 17.7 Å². The third kappa shape index (κ3) is 7.49. The number of anilines is 1. The molecule has 0 spiro atoms. The normalized spacial score (nSPS) is 11.0. The molecular weight excluding hydrogens is 358 g/mol. The van der Waals surface area contributed by atoms with Crippen LogP contribution in [0.1, 0.15) is 33.3 Å². The first-order chi connectivity index (χ1) is 12.2. The Kier molecular flexibility index (Phi) is 8.68. The first-order valence-electron chi connectivity index (χ1n) is 8.57. The number of nitrogens with one attached hydrogen (secondary N) is 1. The Hall–Kier alpha value is -1.99. The summed E-state index contributed by atoms with van der Waals surface area (Å²) in [4.78, 5) is 25.6. The van der Waals surface area contributed by atoms with Gasteiger partial charge >= 0.3 is 12.2 Å². The van der Waals surface area contributed by atoms with Crippen LogP contribution >= 0.6 is 11.6 Å². The van der Waals surface area contributed by atoms with Crippen LogP contribution in [0.15, 0.2) is 18.2 Å². The van der Waals surface area contributed by atoms with E-state index in [9.17, 15) is 9.59 Å². The molecule has 0 fully saturated rings. The number of alkyl carbamates (subject to hydrolysis) is 1. The Morgan fingerprint density at radius 3 is 2.58 bits per heavy atom. The van der Waals surface area contributed by atoms with E-state index in [0.29, 0.717) is 30.2 Å². The van der Waals surface area contributed by atoms with E-state index in [4.69, 9.17) is 26.8 Å². The van der Waals surface area contributed by atoms with Gasteiger partial charge in [-0.25, -0.2) is 9.59 Å². The van der Waals surface area contributed by atoms with Crippen LogP contribution in [-0.2, 0) is 15.9 Å². The van der Waals surface area contributed by atoms with Gasteiger partial charge in [0.15, 0.2) is 0 Å². The van der Waals surface area contributed by atoms with Crippen molar-refractivity contribution in [3.63, 3.8) is 0 Å². The quantitative estimate of drug-likeness (QED) is 0.750. The number of carbonyl (C=O) groups excluding carboxylic acids is 2. The van der Waals surface area contributed by atoms with E-state index in [1.807, 2.05) is 6.07 Å². The maximum atomic E-state index is 12.7. The van der Waals surface area contributed by atoms with Crippen LogP contribution in [0, 0.1) is 0 Å². The van der Waals surface area contributed by atoms with E-state index in [1.165, 1.54) is 4.90 Å². The van der Waals surface area contributed by atoms with Gasteiger partial charge in [0.05, 0.1) is 12.2 Å². The maximum absolute atomic E-state index is 12.7. The number of hydrogen-bond donors (Lipinski definition) is 2. The van der Waals surface area contributed by atoms with Gasteiger partial charge in [-0.2, -0.15) is 0 Å². The lowest BCUT2D eigenvalue weighted by atomic mass is 10.1. The highest BCUT2D eigenvalue weighted by atomic mass is 35.5. The van der Waals surface area contributed by atoms with Gasteiger partial charge < -0.3 is 20.5 Å². The van der Waals surface area contributed by atoms with Gasteiger partial charge in [-0.15, -0.1) is 0 Å². The molecule has 8 heteroatoms. The number of rotatable bonds is 7. The molecule has 26 heavy (non-hydrogen) atoms. The third-order valence-electron chi connectivity index (χ3n) is 3.23. The number of ether oxygens (including phenoxy) is 2. The number of amides is 2. The molecule has 0 saturated heterocycles. The summed E-state index contributed by atoms with van der Waals surface area (Å²) >= 11 is 6.12. The SMILES string of the molecule is CCNC(=O)OCCN(C(=O)OC(C)(C)C)c1cc(Cl)ccc1CCN. The van der Waals surface area contributed by atoms with Gasteiger partial charge in [0.2, 0.25) is 0 Å². The number of hydrogen-bond acceptors (Lipinski definition) is 5. The first kappa shape index (κ1) is 22.1. The average Bonchev–Trinajstić information content (AvgIpc) is 2.52. The molecule has 0 bridgehead atoms. The molecule has 1 rings (SSSR count). The van der Waals surface area contributed by atoms with E-state index in [2.05, 4.69) is 5.32 Å². The second-order valence-corrected chi connectivity index (χ2v) is 7.05. The lowest BCUT2D eigenvalue weighted by molar-refractivity contribution is 0.0568. The molecule has 0 unspecified atom stereocenters. The highest BCUT2D eigenvalue weighted by Crippen LogP contribution is 2.27. The fourth-order valence-electron chi connectivity index (χ4n) is 2.21. The van der Waals surface area contributed by atoms with Crippen molar-refractivity contribution in [1.29, 1.82) is 0 Å². The highest BCUT2D eigenvalue weighted by molar-refractivity contribution is 6.31. The summed E-state index contributed by atoms with van der Waals surface area (Å²) in [7, 11) is 0. The number of halogens is 1. The van der Waals surface area contributed by atoms with Gasteiger partial charge in [0.1, 0.15) is 12.2 Å². The molecule has 2 amide bonds. The largest absolute Gasteiger partial charge is 0.448 e. The summed E-state index contributed by atoms with van der Waals surface area (Å²) in [6, 6.07) is 5.25. The fraction of sp³-hybridized carbons (Fsp3) is 0.556. The van der Waals surface area contributed by atoms with Crippen molar-refractivity contribution >= 4 is 29.5 Å². The Labute approximate surface area is 159 Å². The molecule has 0 aromatic heterocycles. The molecule has 1 aromatic rings. The second-order valence-electron chi connectivity index (χ2n) is 6.61. The van der Waals surface area contributed by atoms with Crippen molar-refractivity contribution in [1.82, 2.24) is 5.32 Å². The van der Waals surface area contributed by atoms with Crippen LogP contribution in [0.2, 0.25) is 5.02 Å². The summed E-state index contributed by atoms with van der Waals surface area (Å²) < 4.78 is 10.6. The average molecular weight is 386 g/mol. The van der Waals surface area contributed by atoms with Crippen LogP contribution < -0.4 is 16.0 Å². The standard InChI is InChI=1S/C18H28ClN3O4/c1-5-21-16(23)25-11-10-22(17(24)26-18(2,3)4)15-12-14(19)7-6-13(15)8-9-20/h6-7,12H,5,8-11,20H2,1-4H3,(H,21,23). The minimum absolute atomic E-state index is 0.0135. The molecule has 0 atom stereocenters. The van der Waals surface area contributed by atoms with Crippen molar-refractivity contribution in [2.24, 2.45) is 5.73 Å². The van der Waals surface area contributed by atoms with Gasteiger partial charge in [0.25, 0.3) is 0 Å². The monoisotopic (exact) mass is 385 g/mol. The molecule has 0 saturated carbocycles. The van der Waals surface area contributed by atoms with Crippen LogP contribution in [-0.4, -0.2) is 44.0 Å². The minimum atomic E-state index is -0.664. The number of nitrogens with zero attached hydrogens (tertiary/aromatic N) is 1. The van der Waals surface area contributed by atoms with Crippen LogP contribution in [0.4, 0.5) is 15.3 Å². The molecule has 0 aliphatic heterocycles. The van der Waals surface area contributed by atoms with Crippen LogP contribution in [0.5, 0.6) is 0 Å². The van der Waals surface area contributed by atoms with Crippen LogP contribution in [0.3, 0.4) is 0 Å². The summed E-state index contributed by atoms with van der Waals surface area (Å²) in [5.41, 5.74) is 6.47. The van der Waals surface area contributed by atoms with E-state index in [1.54, 1.807) is 39.8 Å². The number of benzene rings is 1. The van der Waals surface area contributed by atoms with Gasteiger partial charge in [0, 0.05) is 11.6 Å². The fourth-order valence-corrected chi connectivity index (χ4v) is 2.37. The summed E-state index contributed by atoms with van der Waals surface area (Å²) in [6.45, 7) is 8.17. The number of nitrogens with two attached hydrogens (primary N) is 1. The first-order valence-corrected chi connectivity index (χ1v) is 8.95. The second kappa shape index (κ2) is 10.2. The molecule has 0 aliphatic rings. The van der Waals surface area contributed by atoms with Crippen molar-refractivity contribution in [2.45, 2.75) is 39.7 Å². The zero-order valence-electron chi connectivity index (χ0n) is 15.8. The Bertz CT molecular complexity index is 617. The molecule has 0 heterocycles. The zero-order chi connectivity index (χ0) is 19.7. The van der Waals surface area contributed by atoms with Crippen molar-refractivity contribution < 1.29 is 19.1 Å². The summed E-state index contributed by atoms with van der Waals surface area (Å²) in [5.74, 6) is 0. The molecule has 3 N–H and O–H groups in total. The zero-order valence-corrected chi connectivity index (χ0v) is 16.6. The molecular formula is C18H28ClN3O4. The van der Waals surface area contributed by atoms with E-state index < -0.39 is 17.8 Å². The molecule has 0 aliphatic carbocycles. The van der Waals surface area contributed by atoms with Crippen LogP contribution in [0.25, 0.3) is 0 Å². The molecule has 146 valence electrons. The summed E-state index contributed by atoms with van der Waals surface area (Å²) in [6.07, 6.45) is -0.509. The Balaban J connectivity index is 3.05. The van der Waals surface area contributed by atoms with Gasteiger partial charge in [-0.05, 0) is 58.4 Å². The van der Waals surface area contributed by atoms with Crippen molar-refractivity contribution in [3.05, 3.63) is 28.8 Å². The molecule has 7 nitrogen and oxygen atoms in total. The maximum Gasteiger partial charge on any atom is 0.414 e. The molecule has 1 aromatic carbocycles. The predicted molar refractivity (Wildman–Crippen MR) is 103 cm³/mol. The van der Waals surface area contributed by atoms with Crippen molar-refractivity contribution in [3.8, 4) is 0 Å². The lowest BCUT2D eigenvalue weighted by Gasteiger charge is -2.29. The summed E-state index contributed by atoms with van der Waals surface area (Å²) in [5, 5.41) is 3.02. The topological polar surface area (TPSA) is 93.9 Å². The number of carbonyl (C=O) groups is 2. The Morgan fingerprint density at radius 2 is 2.00 bits per heavy atom. The Morgan fingerprint density at radius 1 is 1.31 bits per heavy atom. The smallest absolute Gasteiger partial charge is 0.414 e.